The van der Waals surface area contributed by atoms with Crippen molar-refractivity contribution in [3.05, 3.63) is 30.1 Å². The Labute approximate surface area is 126 Å². The number of aromatic nitrogens is 2. The third-order valence-electron chi connectivity index (χ3n) is 3.61. The van der Waals surface area contributed by atoms with Gasteiger partial charge in [0.15, 0.2) is 0 Å². The number of esters is 1. The molecule has 0 amide bonds. The summed E-state index contributed by atoms with van der Waals surface area (Å²) in [4.78, 5) is 16.8. The number of ether oxygens (including phenoxy) is 1. The number of rotatable bonds is 6. The lowest BCUT2D eigenvalue weighted by atomic mass is 9.89. The molecule has 0 N–H and O–H groups in total. The van der Waals surface area contributed by atoms with Crippen molar-refractivity contribution in [1.29, 1.82) is 0 Å². The molecule has 0 saturated heterocycles. The molecule has 21 heavy (non-hydrogen) atoms. The average Bonchev–Trinajstić information content (AvgIpc) is 2.77. The molecule has 4 nitrogen and oxygen atoms in total. The zero-order chi connectivity index (χ0) is 15.5. The van der Waals surface area contributed by atoms with Crippen LogP contribution in [0.5, 0.6) is 0 Å². The van der Waals surface area contributed by atoms with Crippen LogP contribution in [0, 0.1) is 5.41 Å². The Morgan fingerprint density at radius 1 is 1.29 bits per heavy atom. The highest BCUT2D eigenvalue weighted by Gasteiger charge is 2.31. The standard InChI is InChI=1S/C17H24N2O2/c1-5-11-19-14-10-8-7-9-13(14)18-15(19)12-17(3,4)16(20)21-6-2/h7-10H,5-6,11-12H2,1-4H3. The summed E-state index contributed by atoms with van der Waals surface area (Å²) in [7, 11) is 0. The number of para-hydroxylation sites is 2. The van der Waals surface area contributed by atoms with Crippen molar-refractivity contribution in [1.82, 2.24) is 9.55 Å². The third-order valence-corrected chi connectivity index (χ3v) is 3.61. The second kappa shape index (κ2) is 6.29. The quantitative estimate of drug-likeness (QED) is 0.763. The van der Waals surface area contributed by atoms with Crippen LogP contribution in [0.2, 0.25) is 0 Å². The van der Waals surface area contributed by atoms with Gasteiger partial charge in [0, 0.05) is 13.0 Å². The first-order chi connectivity index (χ1) is 9.99. The fraction of sp³-hybridized carbons (Fsp3) is 0.529. The number of carbonyl (C=O) groups is 1. The van der Waals surface area contributed by atoms with E-state index in [1.165, 1.54) is 0 Å². The van der Waals surface area contributed by atoms with E-state index in [9.17, 15) is 4.79 Å². The van der Waals surface area contributed by atoms with Crippen LogP contribution in [0.25, 0.3) is 11.0 Å². The Morgan fingerprint density at radius 3 is 2.67 bits per heavy atom. The second-order valence-corrected chi connectivity index (χ2v) is 5.95. The summed E-state index contributed by atoms with van der Waals surface area (Å²) in [5, 5.41) is 0. The second-order valence-electron chi connectivity index (χ2n) is 5.95. The molecule has 114 valence electrons. The molecule has 0 spiro atoms. The van der Waals surface area contributed by atoms with Gasteiger partial charge in [0.2, 0.25) is 0 Å². The van der Waals surface area contributed by atoms with Gasteiger partial charge in [-0.1, -0.05) is 19.1 Å². The molecule has 1 aromatic carbocycles. The number of benzene rings is 1. The molecule has 1 heterocycles. The van der Waals surface area contributed by atoms with Crippen molar-refractivity contribution in [2.24, 2.45) is 5.41 Å². The molecule has 0 aliphatic heterocycles. The van der Waals surface area contributed by atoms with Crippen LogP contribution in [0.15, 0.2) is 24.3 Å². The van der Waals surface area contributed by atoms with Crippen molar-refractivity contribution >= 4 is 17.0 Å². The summed E-state index contributed by atoms with van der Waals surface area (Å²) in [5.41, 5.74) is 1.55. The molecule has 0 saturated carbocycles. The Balaban J connectivity index is 2.37. The highest BCUT2D eigenvalue weighted by molar-refractivity contribution is 5.78. The first kappa shape index (κ1) is 15.5. The number of fused-ring (bicyclic) bond motifs is 1. The van der Waals surface area contributed by atoms with Crippen molar-refractivity contribution in [3.63, 3.8) is 0 Å². The van der Waals surface area contributed by atoms with Crippen LogP contribution < -0.4 is 0 Å². The lowest BCUT2D eigenvalue weighted by Gasteiger charge is -2.22. The van der Waals surface area contributed by atoms with E-state index in [0.29, 0.717) is 13.0 Å². The number of carbonyl (C=O) groups excluding carboxylic acids is 1. The molecule has 2 rings (SSSR count). The number of imidazole rings is 1. The summed E-state index contributed by atoms with van der Waals surface area (Å²) < 4.78 is 7.40. The summed E-state index contributed by atoms with van der Waals surface area (Å²) in [6.07, 6.45) is 1.62. The van der Waals surface area contributed by atoms with E-state index in [1.54, 1.807) is 0 Å². The summed E-state index contributed by atoms with van der Waals surface area (Å²) >= 11 is 0. The third kappa shape index (κ3) is 3.26. The largest absolute Gasteiger partial charge is 0.466 e. The van der Waals surface area contributed by atoms with E-state index >= 15 is 0 Å². The SMILES string of the molecule is CCCn1c(CC(C)(C)C(=O)OCC)nc2ccccc21. The average molecular weight is 288 g/mol. The molecule has 4 heteroatoms. The first-order valence-corrected chi connectivity index (χ1v) is 7.61. The van der Waals surface area contributed by atoms with Gasteiger partial charge in [-0.2, -0.15) is 0 Å². The molecule has 0 unspecified atom stereocenters. The van der Waals surface area contributed by atoms with Gasteiger partial charge in [-0.05, 0) is 39.3 Å². The van der Waals surface area contributed by atoms with Gasteiger partial charge in [-0.3, -0.25) is 4.79 Å². The van der Waals surface area contributed by atoms with Crippen molar-refractivity contribution in [3.8, 4) is 0 Å². The van der Waals surface area contributed by atoms with E-state index in [4.69, 9.17) is 9.72 Å². The number of aryl methyl sites for hydroxylation is 1. The minimum Gasteiger partial charge on any atom is -0.466 e. The van der Waals surface area contributed by atoms with Crippen LogP contribution in [0.1, 0.15) is 39.9 Å². The van der Waals surface area contributed by atoms with Gasteiger partial charge in [-0.25, -0.2) is 4.98 Å². The molecule has 0 atom stereocenters. The smallest absolute Gasteiger partial charge is 0.311 e. The monoisotopic (exact) mass is 288 g/mol. The van der Waals surface area contributed by atoms with Crippen molar-refractivity contribution in [2.45, 2.75) is 47.1 Å². The van der Waals surface area contributed by atoms with E-state index in [1.807, 2.05) is 39.0 Å². The van der Waals surface area contributed by atoms with Gasteiger partial charge in [0.1, 0.15) is 5.82 Å². The molecule has 2 aromatic rings. The highest BCUT2D eigenvalue weighted by atomic mass is 16.5. The van der Waals surface area contributed by atoms with Gasteiger partial charge < -0.3 is 9.30 Å². The molecule has 0 aliphatic rings. The summed E-state index contributed by atoms with van der Waals surface area (Å²) in [6, 6.07) is 8.11. The lowest BCUT2D eigenvalue weighted by molar-refractivity contribution is -0.153. The van der Waals surface area contributed by atoms with Gasteiger partial charge in [0.25, 0.3) is 0 Å². The van der Waals surface area contributed by atoms with E-state index in [2.05, 4.69) is 17.6 Å². The Hall–Kier alpha value is -1.84. The predicted octanol–water partition coefficient (Wildman–Crippen LogP) is 3.58. The number of hydrogen-bond acceptors (Lipinski definition) is 3. The molecular weight excluding hydrogens is 264 g/mol. The maximum absolute atomic E-state index is 12.1. The molecule has 0 aliphatic carbocycles. The van der Waals surface area contributed by atoms with Gasteiger partial charge >= 0.3 is 5.97 Å². The van der Waals surface area contributed by atoms with Gasteiger partial charge in [-0.15, -0.1) is 0 Å². The van der Waals surface area contributed by atoms with E-state index in [0.717, 1.165) is 29.8 Å². The maximum Gasteiger partial charge on any atom is 0.311 e. The van der Waals surface area contributed by atoms with Crippen molar-refractivity contribution < 1.29 is 9.53 Å². The van der Waals surface area contributed by atoms with Crippen LogP contribution in [0.4, 0.5) is 0 Å². The van der Waals surface area contributed by atoms with E-state index < -0.39 is 5.41 Å². The normalized spacial score (nSPS) is 11.8. The topological polar surface area (TPSA) is 44.1 Å². The molecule has 1 aromatic heterocycles. The van der Waals surface area contributed by atoms with Crippen LogP contribution in [-0.4, -0.2) is 22.1 Å². The fourth-order valence-corrected chi connectivity index (χ4v) is 2.53. The van der Waals surface area contributed by atoms with Crippen LogP contribution in [0.3, 0.4) is 0 Å². The summed E-state index contributed by atoms with van der Waals surface area (Å²) in [5.74, 6) is 0.788. The van der Waals surface area contributed by atoms with Crippen molar-refractivity contribution in [2.75, 3.05) is 6.61 Å². The fourth-order valence-electron chi connectivity index (χ4n) is 2.53. The Morgan fingerprint density at radius 2 is 2.00 bits per heavy atom. The maximum atomic E-state index is 12.1. The lowest BCUT2D eigenvalue weighted by Crippen LogP contribution is -2.30. The zero-order valence-corrected chi connectivity index (χ0v) is 13.3. The van der Waals surface area contributed by atoms with Crippen LogP contribution in [-0.2, 0) is 22.5 Å². The molecule has 0 bridgehead atoms. The molecule has 0 radical (unpaired) electrons. The predicted molar refractivity (Wildman–Crippen MR) is 84.1 cm³/mol. The minimum absolute atomic E-state index is 0.167. The minimum atomic E-state index is -0.567. The van der Waals surface area contributed by atoms with Crippen LogP contribution >= 0.6 is 0 Å². The zero-order valence-electron chi connectivity index (χ0n) is 13.3. The molecular formula is C17H24N2O2. The van der Waals surface area contributed by atoms with Gasteiger partial charge in [0.05, 0.1) is 23.1 Å². The Kier molecular flexibility index (Phi) is 4.66. The Bertz CT molecular complexity index is 629. The number of hydrogen-bond donors (Lipinski definition) is 0. The number of nitrogens with zero attached hydrogens (tertiary/aromatic N) is 2. The highest BCUT2D eigenvalue weighted by Crippen LogP contribution is 2.26. The molecule has 0 fully saturated rings. The summed E-state index contributed by atoms with van der Waals surface area (Å²) in [6.45, 7) is 9.14. The van der Waals surface area contributed by atoms with E-state index in [-0.39, 0.29) is 5.97 Å². The first-order valence-electron chi connectivity index (χ1n) is 7.61.